The lowest BCUT2D eigenvalue weighted by molar-refractivity contribution is 1.48. The summed E-state index contributed by atoms with van der Waals surface area (Å²) in [6, 6.07) is 22.3. The largest absolute Gasteiger partial charge is 0.317 e. The minimum absolute atomic E-state index is 1.32. The minimum Gasteiger partial charge on any atom is -0.317 e. The summed E-state index contributed by atoms with van der Waals surface area (Å²) in [4.78, 5) is 0. The van der Waals surface area contributed by atoms with E-state index in [-0.39, 0.29) is 0 Å². The highest BCUT2D eigenvalue weighted by Crippen LogP contribution is 1.92. The van der Waals surface area contributed by atoms with Crippen molar-refractivity contribution in [1.82, 2.24) is 0 Å². The quantitative estimate of drug-likeness (QED) is 0.561. The van der Waals surface area contributed by atoms with Crippen LogP contribution in [0.5, 0.6) is 0 Å². The van der Waals surface area contributed by atoms with Gasteiger partial charge in [-0.1, -0.05) is 100.0 Å². The van der Waals surface area contributed by atoms with Gasteiger partial charge in [-0.05, 0) is 13.6 Å². The van der Waals surface area contributed by atoms with Crippen LogP contribution in [0.25, 0.3) is 0 Å². The molecule has 0 atom stereocenters. The van der Waals surface area contributed by atoms with Crippen LogP contribution < -0.4 is 0 Å². The van der Waals surface area contributed by atoms with Gasteiger partial charge in [0.05, 0.1) is 0 Å². The highest BCUT2D eigenvalue weighted by Gasteiger charge is 1.72. The SMILES string of the molecule is C=N.CC.CC.Cc1ccccc1.c1ccccc1. The first-order valence-corrected chi connectivity index (χ1v) is 6.76. The molecule has 0 aliphatic rings. The van der Waals surface area contributed by atoms with Crippen molar-refractivity contribution in [2.45, 2.75) is 34.6 Å². The lowest BCUT2D eigenvalue weighted by atomic mass is 10.2. The van der Waals surface area contributed by atoms with E-state index < -0.39 is 0 Å². The smallest absolute Gasteiger partial charge is 0.0187 e. The molecule has 1 heteroatoms. The highest BCUT2D eigenvalue weighted by molar-refractivity contribution is 5.15. The van der Waals surface area contributed by atoms with E-state index in [2.05, 4.69) is 25.8 Å². The van der Waals surface area contributed by atoms with E-state index in [9.17, 15) is 0 Å². The van der Waals surface area contributed by atoms with Crippen molar-refractivity contribution in [3.05, 3.63) is 72.3 Å². The van der Waals surface area contributed by atoms with Crippen molar-refractivity contribution in [3.8, 4) is 0 Å². The zero-order valence-electron chi connectivity index (χ0n) is 13.1. The van der Waals surface area contributed by atoms with Crippen molar-refractivity contribution in [1.29, 1.82) is 5.41 Å². The third-order valence-corrected chi connectivity index (χ3v) is 1.61. The van der Waals surface area contributed by atoms with Gasteiger partial charge in [0.25, 0.3) is 0 Å². The molecule has 2 aromatic carbocycles. The Morgan fingerprint density at radius 2 is 0.789 bits per heavy atom. The zero-order chi connectivity index (χ0) is 15.4. The van der Waals surface area contributed by atoms with Gasteiger partial charge in [-0.25, -0.2) is 0 Å². The molecule has 0 aliphatic heterocycles. The van der Waals surface area contributed by atoms with Crippen LogP contribution in [0.2, 0.25) is 0 Å². The zero-order valence-corrected chi connectivity index (χ0v) is 13.1. The van der Waals surface area contributed by atoms with Crippen LogP contribution in [0, 0.1) is 12.3 Å². The van der Waals surface area contributed by atoms with Crippen molar-refractivity contribution in [3.63, 3.8) is 0 Å². The van der Waals surface area contributed by atoms with Crippen LogP contribution in [0.3, 0.4) is 0 Å². The Kier molecular flexibility index (Phi) is 29.4. The van der Waals surface area contributed by atoms with Gasteiger partial charge in [0.15, 0.2) is 0 Å². The molecule has 0 heterocycles. The van der Waals surface area contributed by atoms with Gasteiger partial charge < -0.3 is 5.41 Å². The van der Waals surface area contributed by atoms with Crippen molar-refractivity contribution < 1.29 is 0 Å². The second-order valence-electron chi connectivity index (χ2n) is 2.81. The summed E-state index contributed by atoms with van der Waals surface area (Å²) >= 11 is 0. The Morgan fingerprint density at radius 3 is 0.947 bits per heavy atom. The molecule has 1 N–H and O–H groups in total. The lowest BCUT2D eigenvalue weighted by Gasteiger charge is -1.82. The average molecular weight is 259 g/mol. The molecular weight excluding hydrogens is 230 g/mol. The first kappa shape index (κ1) is 22.3. The van der Waals surface area contributed by atoms with E-state index in [0.29, 0.717) is 0 Å². The van der Waals surface area contributed by atoms with Crippen LogP contribution in [0.4, 0.5) is 0 Å². The Morgan fingerprint density at radius 1 is 0.579 bits per heavy atom. The van der Waals surface area contributed by atoms with Crippen LogP contribution in [-0.2, 0) is 0 Å². The second kappa shape index (κ2) is 25.1. The maximum Gasteiger partial charge on any atom is -0.0187 e. The van der Waals surface area contributed by atoms with E-state index in [1.54, 1.807) is 0 Å². The maximum atomic E-state index is 5.50. The molecule has 0 amide bonds. The molecule has 0 saturated heterocycles. The highest BCUT2D eigenvalue weighted by atomic mass is 14.2. The van der Waals surface area contributed by atoms with Crippen LogP contribution in [0.15, 0.2) is 66.7 Å². The Labute approximate surface area is 119 Å². The first-order chi connectivity index (χ1) is 9.39. The lowest BCUT2D eigenvalue weighted by Crippen LogP contribution is -1.62. The number of aryl methyl sites for hydroxylation is 1. The van der Waals surface area contributed by atoms with Crippen molar-refractivity contribution in [2.24, 2.45) is 0 Å². The third kappa shape index (κ3) is 21.9. The molecule has 0 saturated carbocycles. The van der Waals surface area contributed by atoms with Crippen molar-refractivity contribution in [2.75, 3.05) is 0 Å². The molecule has 0 bridgehead atoms. The molecule has 19 heavy (non-hydrogen) atoms. The fourth-order valence-electron chi connectivity index (χ4n) is 0.919. The molecule has 1 nitrogen and oxygen atoms in total. The molecule has 0 radical (unpaired) electrons. The summed E-state index contributed by atoms with van der Waals surface area (Å²) in [7, 11) is 0. The number of benzene rings is 2. The Bertz CT molecular complexity index is 289. The Hall–Kier alpha value is -1.89. The van der Waals surface area contributed by atoms with Gasteiger partial charge in [-0.2, -0.15) is 0 Å². The van der Waals surface area contributed by atoms with E-state index in [4.69, 9.17) is 5.41 Å². The number of hydrogen-bond donors (Lipinski definition) is 1. The normalized spacial score (nSPS) is 6.58. The third-order valence-electron chi connectivity index (χ3n) is 1.61. The molecule has 106 valence electrons. The van der Waals surface area contributed by atoms with Gasteiger partial charge in [0.2, 0.25) is 0 Å². The van der Waals surface area contributed by atoms with Crippen molar-refractivity contribution >= 4 is 6.72 Å². The second-order valence-corrected chi connectivity index (χ2v) is 2.81. The molecular formula is C18H29N. The fourth-order valence-corrected chi connectivity index (χ4v) is 0.919. The number of hydrogen-bond acceptors (Lipinski definition) is 1. The van der Waals surface area contributed by atoms with E-state index >= 15 is 0 Å². The van der Waals surface area contributed by atoms with Gasteiger partial charge >= 0.3 is 0 Å². The fraction of sp³-hybridized carbons (Fsp3) is 0.278. The summed E-state index contributed by atoms with van der Waals surface area (Å²) in [5.41, 5.74) is 1.32. The molecule has 2 rings (SSSR count). The monoisotopic (exact) mass is 259 g/mol. The predicted molar refractivity (Wildman–Crippen MR) is 90.2 cm³/mol. The molecule has 0 fully saturated rings. The average Bonchev–Trinajstić information content (AvgIpc) is 2.56. The van der Waals surface area contributed by atoms with Crippen LogP contribution >= 0.6 is 0 Å². The summed E-state index contributed by atoms with van der Waals surface area (Å²) < 4.78 is 0. The summed E-state index contributed by atoms with van der Waals surface area (Å²) in [5, 5.41) is 5.50. The summed E-state index contributed by atoms with van der Waals surface area (Å²) in [6.45, 7) is 12.6. The molecule has 0 spiro atoms. The Balaban J connectivity index is -0.000000195. The predicted octanol–water partition coefficient (Wildman–Crippen LogP) is 6.00. The number of rotatable bonds is 0. The molecule has 0 aromatic heterocycles. The molecule has 0 aliphatic carbocycles. The molecule has 0 unspecified atom stereocenters. The minimum atomic E-state index is 1.32. The summed E-state index contributed by atoms with van der Waals surface area (Å²) in [5.74, 6) is 0. The summed E-state index contributed by atoms with van der Waals surface area (Å²) in [6.07, 6.45) is 0. The van der Waals surface area contributed by atoms with Gasteiger partial charge in [-0.3, -0.25) is 0 Å². The maximum absolute atomic E-state index is 5.50. The van der Waals surface area contributed by atoms with E-state index in [1.165, 1.54) is 5.56 Å². The van der Waals surface area contributed by atoms with Crippen LogP contribution in [0.1, 0.15) is 33.3 Å². The molecule has 2 aromatic rings. The van der Waals surface area contributed by atoms with Crippen LogP contribution in [-0.4, -0.2) is 6.72 Å². The van der Waals surface area contributed by atoms with Gasteiger partial charge in [0, 0.05) is 0 Å². The van der Waals surface area contributed by atoms with E-state index in [0.717, 1.165) is 0 Å². The van der Waals surface area contributed by atoms with Gasteiger partial charge in [0.1, 0.15) is 0 Å². The van der Waals surface area contributed by atoms with Gasteiger partial charge in [-0.15, -0.1) is 0 Å². The standard InChI is InChI=1S/C7H8.C6H6.2C2H6.CH3N/c1-7-5-3-2-4-6-7;1-2-4-6-5-3-1;3*1-2/h2-6H,1H3;1-6H;2*1-2H3;2H,1H2. The van der Waals surface area contributed by atoms with E-state index in [1.807, 2.05) is 82.3 Å². The topological polar surface area (TPSA) is 23.9 Å². The number of nitrogens with one attached hydrogen (secondary N) is 1. The first-order valence-electron chi connectivity index (χ1n) is 6.76.